The maximum atomic E-state index is 13.2. The van der Waals surface area contributed by atoms with E-state index in [0.717, 1.165) is 68.3 Å². The molecule has 2 aliphatic carbocycles. The Balaban J connectivity index is 1.26. The maximum Gasteiger partial charge on any atom is 0.261 e. The number of hydrogen-bond donors (Lipinski definition) is 1. The molecule has 5 aliphatic rings. The lowest BCUT2D eigenvalue weighted by atomic mass is 9.67. The van der Waals surface area contributed by atoms with Crippen molar-refractivity contribution >= 4 is 35.1 Å². The molecule has 2 aromatic carbocycles. The number of nitrogens with one attached hydrogen (secondary N) is 1. The summed E-state index contributed by atoms with van der Waals surface area (Å²) in [7, 11) is 0. The van der Waals surface area contributed by atoms with Crippen LogP contribution in [0.15, 0.2) is 36.4 Å². The van der Waals surface area contributed by atoms with Crippen LogP contribution in [0.5, 0.6) is 5.75 Å². The van der Waals surface area contributed by atoms with E-state index in [1.165, 1.54) is 35.9 Å². The van der Waals surface area contributed by atoms with Crippen LogP contribution in [0.3, 0.4) is 0 Å². The van der Waals surface area contributed by atoms with Gasteiger partial charge in [0.1, 0.15) is 5.75 Å². The van der Waals surface area contributed by atoms with Crippen LogP contribution in [0.25, 0.3) is 0 Å². The minimum absolute atomic E-state index is 0.0690. The average molecular weight is 583 g/mol. The lowest BCUT2D eigenvalue weighted by Gasteiger charge is -2.48. The third kappa shape index (κ3) is 5.12. The molecular weight excluding hydrogens is 544 g/mol. The Kier molecular flexibility index (Phi) is 7.44. The van der Waals surface area contributed by atoms with Crippen molar-refractivity contribution in [3.63, 3.8) is 0 Å². The van der Waals surface area contributed by atoms with Crippen molar-refractivity contribution in [1.82, 2.24) is 4.72 Å². The zero-order valence-corrected chi connectivity index (χ0v) is 24.8. The summed E-state index contributed by atoms with van der Waals surface area (Å²) in [5, 5.41) is 0.800. The van der Waals surface area contributed by atoms with Gasteiger partial charge < -0.3 is 19.1 Å². The van der Waals surface area contributed by atoms with Gasteiger partial charge in [0.2, 0.25) is 0 Å². The van der Waals surface area contributed by atoms with E-state index in [2.05, 4.69) is 28.7 Å². The van der Waals surface area contributed by atoms with Crippen LogP contribution in [0.1, 0.15) is 66.9 Å². The SMILES string of the molecule is C[C@@H]1CSNC(=O)c2ccc3c(c2)N(C[C@@H]2CC[C@H]2[C@H]2C[C@@H](CCO2)O1)C[C@@]1(CCCc2cc(Cl)ccc21)CO3. The molecule has 3 aliphatic heterocycles. The van der Waals surface area contributed by atoms with Gasteiger partial charge in [-0.05, 0) is 111 Å². The van der Waals surface area contributed by atoms with Crippen LogP contribution in [0, 0.1) is 11.8 Å². The van der Waals surface area contributed by atoms with Crippen molar-refractivity contribution in [3.05, 3.63) is 58.1 Å². The molecule has 1 amide bonds. The fourth-order valence-electron chi connectivity index (χ4n) is 7.72. The minimum atomic E-state index is -0.119. The predicted molar refractivity (Wildman–Crippen MR) is 160 cm³/mol. The van der Waals surface area contributed by atoms with Gasteiger partial charge in [-0.2, -0.15) is 0 Å². The van der Waals surface area contributed by atoms with Crippen molar-refractivity contribution in [2.24, 2.45) is 11.8 Å². The molecule has 214 valence electrons. The van der Waals surface area contributed by atoms with Gasteiger partial charge in [-0.25, -0.2) is 0 Å². The molecular formula is C32H39ClN2O4S. The quantitative estimate of drug-likeness (QED) is 0.374. The van der Waals surface area contributed by atoms with Crippen LogP contribution >= 0.6 is 23.5 Å². The molecule has 1 N–H and O–H groups in total. The van der Waals surface area contributed by atoms with E-state index in [4.69, 9.17) is 25.8 Å². The number of anilines is 1. The number of carbonyl (C=O) groups is 1. The Labute approximate surface area is 246 Å². The van der Waals surface area contributed by atoms with Gasteiger partial charge in [0.15, 0.2) is 0 Å². The molecule has 2 fully saturated rings. The molecule has 0 aromatic heterocycles. The molecule has 2 aromatic rings. The van der Waals surface area contributed by atoms with Gasteiger partial charge in [0.05, 0.1) is 30.6 Å². The first-order valence-electron chi connectivity index (χ1n) is 15.0. The standard InChI is InChI=1S/C32H39ClN2O4S/c1-20-17-40-34-31(36)22-5-9-29-28(14-22)35(16-23-4-7-26(23)30-15-25(39-20)10-12-37-30)18-32(19-38-29)11-2-3-21-13-24(33)6-8-27(21)32/h5-6,8-9,13-14,20,23,25-26,30H,2-4,7,10-12,15-19H2,1H3,(H,34,36)/t20-,23+,25-,26-,30-,32+/m1/s1. The van der Waals surface area contributed by atoms with E-state index in [0.29, 0.717) is 29.8 Å². The fourth-order valence-corrected chi connectivity index (χ4v) is 8.56. The monoisotopic (exact) mass is 582 g/mol. The number of rotatable bonds is 0. The van der Waals surface area contributed by atoms with Crippen molar-refractivity contribution in [2.75, 3.05) is 37.0 Å². The van der Waals surface area contributed by atoms with Gasteiger partial charge in [-0.3, -0.25) is 9.52 Å². The Morgan fingerprint density at radius 1 is 1.15 bits per heavy atom. The third-order valence-electron chi connectivity index (χ3n) is 9.88. The summed E-state index contributed by atoms with van der Waals surface area (Å²) in [6.45, 7) is 5.30. The highest BCUT2D eigenvalue weighted by molar-refractivity contribution is 7.98. The molecule has 1 saturated heterocycles. The van der Waals surface area contributed by atoms with Crippen molar-refractivity contribution in [2.45, 2.75) is 75.6 Å². The Morgan fingerprint density at radius 3 is 2.95 bits per heavy atom. The summed E-state index contributed by atoms with van der Waals surface area (Å²) >= 11 is 7.85. The topological polar surface area (TPSA) is 60.0 Å². The number of benzene rings is 2. The summed E-state index contributed by atoms with van der Waals surface area (Å²) in [5.41, 5.74) is 4.29. The third-order valence-corrected chi connectivity index (χ3v) is 11.1. The summed E-state index contributed by atoms with van der Waals surface area (Å²) in [6, 6.07) is 12.3. The maximum absolute atomic E-state index is 13.2. The number of fused-ring (bicyclic) bond motifs is 7. The molecule has 6 atom stereocenters. The Bertz CT molecular complexity index is 1280. The number of halogens is 1. The fraction of sp³-hybridized carbons (Fsp3) is 0.594. The minimum Gasteiger partial charge on any atom is -0.490 e. The van der Waals surface area contributed by atoms with Crippen molar-refractivity contribution in [3.8, 4) is 5.75 Å². The van der Waals surface area contributed by atoms with Gasteiger partial charge in [-0.15, -0.1) is 0 Å². The highest BCUT2D eigenvalue weighted by atomic mass is 35.5. The van der Waals surface area contributed by atoms with Gasteiger partial charge >= 0.3 is 0 Å². The second-order valence-corrected chi connectivity index (χ2v) is 13.8. The van der Waals surface area contributed by atoms with Crippen LogP contribution in [0.4, 0.5) is 5.69 Å². The summed E-state index contributed by atoms with van der Waals surface area (Å²) in [5.74, 6) is 2.59. The lowest BCUT2D eigenvalue weighted by molar-refractivity contribution is -0.126. The largest absolute Gasteiger partial charge is 0.490 e. The van der Waals surface area contributed by atoms with Gasteiger partial charge in [0.25, 0.3) is 5.91 Å². The first kappa shape index (κ1) is 26.9. The molecule has 1 spiro atoms. The van der Waals surface area contributed by atoms with E-state index >= 15 is 0 Å². The van der Waals surface area contributed by atoms with E-state index in [1.54, 1.807) is 0 Å². The van der Waals surface area contributed by atoms with E-state index in [-0.39, 0.29) is 29.6 Å². The van der Waals surface area contributed by atoms with Gasteiger partial charge in [-0.1, -0.05) is 17.7 Å². The molecule has 3 heterocycles. The molecule has 7 rings (SSSR count). The predicted octanol–water partition coefficient (Wildman–Crippen LogP) is 6.18. The summed E-state index contributed by atoms with van der Waals surface area (Å²) < 4.78 is 22.5. The smallest absolute Gasteiger partial charge is 0.261 e. The first-order chi connectivity index (χ1) is 19.5. The Hall–Kier alpha value is -1.93. The van der Waals surface area contributed by atoms with Crippen molar-refractivity contribution in [1.29, 1.82) is 0 Å². The molecule has 1 saturated carbocycles. The Morgan fingerprint density at radius 2 is 2.08 bits per heavy atom. The van der Waals surface area contributed by atoms with Crippen LogP contribution < -0.4 is 14.4 Å². The lowest BCUT2D eigenvalue weighted by Crippen LogP contribution is -2.51. The first-order valence-corrected chi connectivity index (χ1v) is 16.3. The summed E-state index contributed by atoms with van der Waals surface area (Å²) in [6.07, 6.45) is 8.11. The number of nitrogens with zero attached hydrogens (tertiary/aromatic N) is 1. The second kappa shape index (κ2) is 11.0. The zero-order valence-electron chi connectivity index (χ0n) is 23.2. The molecule has 6 nitrogen and oxygen atoms in total. The highest BCUT2D eigenvalue weighted by Crippen LogP contribution is 2.47. The van der Waals surface area contributed by atoms with E-state index in [9.17, 15) is 4.79 Å². The van der Waals surface area contributed by atoms with Crippen molar-refractivity contribution < 1.29 is 19.0 Å². The van der Waals surface area contributed by atoms with E-state index in [1.807, 2.05) is 24.3 Å². The van der Waals surface area contributed by atoms with Gasteiger partial charge in [0, 0.05) is 47.9 Å². The molecule has 4 bridgehead atoms. The number of hydrogen-bond acceptors (Lipinski definition) is 6. The number of ether oxygens (including phenoxy) is 3. The van der Waals surface area contributed by atoms with Crippen LogP contribution in [-0.2, 0) is 21.3 Å². The second-order valence-electron chi connectivity index (χ2n) is 12.5. The molecule has 0 radical (unpaired) electrons. The summed E-state index contributed by atoms with van der Waals surface area (Å²) in [4.78, 5) is 15.8. The molecule has 40 heavy (non-hydrogen) atoms. The van der Waals surface area contributed by atoms with Crippen LogP contribution in [-0.4, -0.2) is 56.3 Å². The number of amides is 1. The van der Waals surface area contributed by atoms with E-state index < -0.39 is 0 Å². The normalized spacial score (nSPS) is 34.0. The number of carbonyl (C=O) groups excluding carboxylic acids is 1. The molecule has 0 unspecified atom stereocenters. The highest BCUT2D eigenvalue weighted by Gasteiger charge is 2.45. The zero-order chi connectivity index (χ0) is 27.3. The molecule has 8 heteroatoms. The van der Waals surface area contributed by atoms with Crippen LogP contribution in [0.2, 0.25) is 5.02 Å². The average Bonchev–Trinajstić information content (AvgIpc) is 3.07. The number of aryl methyl sites for hydroxylation is 1.